The number of rotatable bonds is 8. The van der Waals surface area contributed by atoms with Gasteiger partial charge < -0.3 is 14.6 Å². The molecule has 0 saturated carbocycles. The van der Waals surface area contributed by atoms with Crippen molar-refractivity contribution in [2.45, 2.75) is 31.5 Å². The quantitative estimate of drug-likeness (QED) is 0.547. The number of aryl methyl sites for hydroxylation is 1. The molecule has 27 heavy (non-hydrogen) atoms. The topological polar surface area (TPSA) is 93.3 Å². The lowest BCUT2D eigenvalue weighted by molar-refractivity contribution is -0.131. The van der Waals surface area contributed by atoms with E-state index in [1.54, 1.807) is 17.2 Å². The molecular formula is C18H23N5O3S. The molecule has 0 spiro atoms. The molecule has 3 heterocycles. The van der Waals surface area contributed by atoms with Crippen LogP contribution in [-0.4, -0.2) is 56.9 Å². The molecule has 0 aromatic carbocycles. The molecule has 0 atom stereocenters. The van der Waals surface area contributed by atoms with Crippen LogP contribution in [0.2, 0.25) is 0 Å². The Morgan fingerprint density at radius 3 is 2.81 bits per heavy atom. The number of allylic oxidation sites excluding steroid dienone is 1. The molecule has 1 aliphatic rings. The lowest BCUT2D eigenvalue weighted by atomic mass is 10.2. The number of hydrogen-bond acceptors (Lipinski definition) is 6. The van der Waals surface area contributed by atoms with Crippen molar-refractivity contribution in [3.8, 4) is 11.4 Å². The summed E-state index contributed by atoms with van der Waals surface area (Å²) >= 11 is 1.28. The predicted octanol–water partition coefficient (Wildman–Crippen LogP) is 1.86. The SMILES string of the molecule is C=CCn1c(SCC(=O)NCC(=O)N2CCCC2)nnc1-c1ccoc1C. The second-order valence-corrected chi connectivity index (χ2v) is 7.19. The average Bonchev–Trinajstić information content (AvgIpc) is 3.39. The Kier molecular flexibility index (Phi) is 6.33. The highest BCUT2D eigenvalue weighted by atomic mass is 32.2. The standard InChI is InChI=1S/C18H23N5O3S/c1-3-7-23-17(14-6-10-26-13(14)2)20-21-18(23)27-12-15(24)19-11-16(25)22-8-4-5-9-22/h3,6,10H,1,4-5,7-9,11-12H2,2H3,(H,19,24). The van der Waals surface area contributed by atoms with Crippen molar-refractivity contribution in [3.05, 3.63) is 30.7 Å². The van der Waals surface area contributed by atoms with Crippen LogP contribution in [0.4, 0.5) is 0 Å². The number of hydrogen-bond donors (Lipinski definition) is 1. The Balaban J connectivity index is 1.58. The monoisotopic (exact) mass is 389 g/mol. The third kappa shape index (κ3) is 4.60. The van der Waals surface area contributed by atoms with Crippen LogP contribution in [0.25, 0.3) is 11.4 Å². The van der Waals surface area contributed by atoms with Crippen LogP contribution in [0.3, 0.4) is 0 Å². The van der Waals surface area contributed by atoms with E-state index in [1.165, 1.54) is 11.8 Å². The Morgan fingerprint density at radius 1 is 1.37 bits per heavy atom. The van der Waals surface area contributed by atoms with Gasteiger partial charge in [-0.2, -0.15) is 0 Å². The van der Waals surface area contributed by atoms with E-state index in [2.05, 4.69) is 22.1 Å². The predicted molar refractivity (Wildman–Crippen MR) is 102 cm³/mol. The summed E-state index contributed by atoms with van der Waals surface area (Å²) in [6.45, 7) is 7.76. The zero-order valence-electron chi connectivity index (χ0n) is 15.3. The number of aromatic nitrogens is 3. The van der Waals surface area contributed by atoms with Crippen molar-refractivity contribution in [1.82, 2.24) is 25.0 Å². The maximum absolute atomic E-state index is 12.1. The molecule has 2 amide bonds. The smallest absolute Gasteiger partial charge is 0.241 e. The van der Waals surface area contributed by atoms with Crippen LogP contribution < -0.4 is 5.32 Å². The van der Waals surface area contributed by atoms with Crippen molar-refractivity contribution in [2.24, 2.45) is 0 Å². The maximum Gasteiger partial charge on any atom is 0.241 e. The summed E-state index contributed by atoms with van der Waals surface area (Å²) in [6, 6.07) is 1.84. The summed E-state index contributed by atoms with van der Waals surface area (Å²) in [5.74, 6) is 1.35. The molecule has 0 aliphatic carbocycles. The number of nitrogens with one attached hydrogen (secondary N) is 1. The first-order valence-electron chi connectivity index (χ1n) is 8.86. The van der Waals surface area contributed by atoms with E-state index in [4.69, 9.17) is 4.42 Å². The lowest BCUT2D eigenvalue weighted by Crippen LogP contribution is -2.39. The van der Waals surface area contributed by atoms with Crippen molar-refractivity contribution in [3.63, 3.8) is 0 Å². The van der Waals surface area contributed by atoms with E-state index >= 15 is 0 Å². The van der Waals surface area contributed by atoms with Crippen molar-refractivity contribution < 1.29 is 14.0 Å². The normalized spacial score (nSPS) is 13.7. The molecule has 9 heteroatoms. The molecule has 1 aliphatic heterocycles. The zero-order valence-corrected chi connectivity index (χ0v) is 16.1. The van der Waals surface area contributed by atoms with E-state index in [0.29, 0.717) is 17.5 Å². The van der Waals surface area contributed by atoms with Gasteiger partial charge in [0.2, 0.25) is 11.8 Å². The second kappa shape index (κ2) is 8.90. The van der Waals surface area contributed by atoms with Crippen molar-refractivity contribution >= 4 is 23.6 Å². The largest absolute Gasteiger partial charge is 0.469 e. The fourth-order valence-corrected chi connectivity index (χ4v) is 3.72. The minimum absolute atomic E-state index is 0.0293. The van der Waals surface area contributed by atoms with Crippen LogP contribution >= 0.6 is 11.8 Å². The Hall–Kier alpha value is -2.55. The van der Waals surface area contributed by atoms with E-state index < -0.39 is 0 Å². The number of carbonyl (C=O) groups is 2. The van der Waals surface area contributed by atoms with Gasteiger partial charge in [0.15, 0.2) is 11.0 Å². The summed E-state index contributed by atoms with van der Waals surface area (Å²) in [5, 5.41) is 11.7. The van der Waals surface area contributed by atoms with Crippen LogP contribution in [0.1, 0.15) is 18.6 Å². The van der Waals surface area contributed by atoms with Gasteiger partial charge in [0.05, 0.1) is 24.1 Å². The molecule has 2 aromatic heterocycles. The fourth-order valence-electron chi connectivity index (χ4n) is 2.94. The number of thioether (sulfide) groups is 1. The van der Waals surface area contributed by atoms with Gasteiger partial charge in [-0.3, -0.25) is 14.2 Å². The molecule has 0 bridgehead atoms. The highest BCUT2D eigenvalue weighted by Gasteiger charge is 2.20. The van der Waals surface area contributed by atoms with E-state index in [0.717, 1.165) is 37.3 Å². The number of amides is 2. The molecule has 3 rings (SSSR count). The van der Waals surface area contributed by atoms with Crippen LogP contribution in [0.5, 0.6) is 0 Å². The fraction of sp³-hybridized carbons (Fsp3) is 0.444. The second-order valence-electron chi connectivity index (χ2n) is 6.25. The average molecular weight is 389 g/mol. The van der Waals surface area contributed by atoms with Crippen molar-refractivity contribution in [1.29, 1.82) is 0 Å². The summed E-state index contributed by atoms with van der Waals surface area (Å²) < 4.78 is 7.23. The van der Waals surface area contributed by atoms with Gasteiger partial charge in [-0.1, -0.05) is 17.8 Å². The number of nitrogens with zero attached hydrogens (tertiary/aromatic N) is 4. The molecule has 144 valence electrons. The molecule has 0 unspecified atom stereocenters. The van der Waals surface area contributed by atoms with Gasteiger partial charge >= 0.3 is 0 Å². The highest BCUT2D eigenvalue weighted by Crippen LogP contribution is 2.27. The molecular weight excluding hydrogens is 366 g/mol. The van der Waals surface area contributed by atoms with E-state index in [9.17, 15) is 9.59 Å². The van der Waals surface area contributed by atoms with Gasteiger partial charge in [0, 0.05) is 19.6 Å². The Morgan fingerprint density at radius 2 is 2.15 bits per heavy atom. The summed E-state index contributed by atoms with van der Waals surface area (Å²) in [5.41, 5.74) is 0.858. The van der Waals surface area contributed by atoms with Crippen LogP contribution in [-0.2, 0) is 16.1 Å². The zero-order chi connectivity index (χ0) is 19.2. The van der Waals surface area contributed by atoms with Gasteiger partial charge in [-0.15, -0.1) is 16.8 Å². The first kappa shape index (κ1) is 19.2. The number of furan rings is 1. The Labute approximate surface area is 162 Å². The molecule has 1 saturated heterocycles. The summed E-state index contributed by atoms with van der Waals surface area (Å²) in [4.78, 5) is 25.9. The van der Waals surface area contributed by atoms with E-state index in [-0.39, 0.29) is 24.1 Å². The summed E-state index contributed by atoms with van der Waals surface area (Å²) in [7, 11) is 0. The number of likely N-dealkylation sites (tertiary alicyclic amines) is 1. The molecule has 8 nitrogen and oxygen atoms in total. The van der Waals surface area contributed by atoms with Gasteiger partial charge in [0.25, 0.3) is 0 Å². The lowest BCUT2D eigenvalue weighted by Gasteiger charge is -2.15. The van der Waals surface area contributed by atoms with Gasteiger partial charge in [-0.25, -0.2) is 0 Å². The first-order chi connectivity index (χ1) is 13.1. The van der Waals surface area contributed by atoms with Gasteiger partial charge in [0.1, 0.15) is 5.76 Å². The number of carbonyl (C=O) groups excluding carboxylic acids is 2. The highest BCUT2D eigenvalue weighted by molar-refractivity contribution is 7.99. The minimum atomic E-state index is -0.207. The molecule has 0 radical (unpaired) electrons. The van der Waals surface area contributed by atoms with E-state index in [1.807, 2.05) is 17.6 Å². The van der Waals surface area contributed by atoms with Crippen molar-refractivity contribution in [2.75, 3.05) is 25.4 Å². The minimum Gasteiger partial charge on any atom is -0.469 e. The van der Waals surface area contributed by atoms with Crippen LogP contribution in [0.15, 0.2) is 34.6 Å². The maximum atomic E-state index is 12.1. The van der Waals surface area contributed by atoms with Crippen LogP contribution in [0, 0.1) is 6.92 Å². The third-order valence-electron chi connectivity index (χ3n) is 4.36. The Bertz CT molecular complexity index is 823. The van der Waals surface area contributed by atoms with Gasteiger partial charge in [-0.05, 0) is 25.8 Å². The first-order valence-corrected chi connectivity index (χ1v) is 9.84. The summed E-state index contributed by atoms with van der Waals surface area (Å²) in [6.07, 6.45) is 5.43. The molecule has 1 fully saturated rings. The molecule has 2 aromatic rings. The third-order valence-corrected chi connectivity index (χ3v) is 5.32. The molecule has 1 N–H and O–H groups in total.